The lowest BCUT2D eigenvalue weighted by molar-refractivity contribution is -0.129. The van der Waals surface area contributed by atoms with Crippen LogP contribution in [-0.4, -0.2) is 23.3 Å². The minimum atomic E-state index is -0.319. The third-order valence-electron chi connectivity index (χ3n) is 8.54. The van der Waals surface area contributed by atoms with Crippen LogP contribution < -0.4 is 0 Å². The highest BCUT2D eigenvalue weighted by atomic mass is 16.3. The van der Waals surface area contributed by atoms with E-state index in [0.29, 0.717) is 18.3 Å². The van der Waals surface area contributed by atoms with E-state index in [1.165, 1.54) is 5.57 Å². The largest absolute Gasteiger partial charge is 0.389 e. The Morgan fingerprint density at radius 3 is 2.33 bits per heavy atom. The Kier molecular flexibility index (Phi) is 5.85. The Hall–Kier alpha value is -2.00. The van der Waals surface area contributed by atoms with E-state index in [4.69, 9.17) is 0 Å². The molecule has 0 aliphatic heterocycles. The summed E-state index contributed by atoms with van der Waals surface area (Å²) in [5.41, 5.74) is 2.96. The average Bonchev–Trinajstić information content (AvgIpc) is 3.12. The summed E-state index contributed by atoms with van der Waals surface area (Å²) in [4.78, 5) is 24.1. The molecule has 3 heteroatoms. The van der Waals surface area contributed by atoms with Crippen LogP contribution >= 0.6 is 0 Å². The Balaban J connectivity index is 0.000000313. The van der Waals surface area contributed by atoms with Crippen LogP contribution in [0.2, 0.25) is 0 Å². The molecule has 1 N–H and O–H groups in total. The zero-order chi connectivity index (χ0) is 21.4. The summed E-state index contributed by atoms with van der Waals surface area (Å²) in [6, 6.07) is 12.0. The lowest BCUT2D eigenvalue weighted by atomic mass is 9.51. The molecular weight excluding hydrogens is 372 g/mol. The van der Waals surface area contributed by atoms with Crippen molar-refractivity contribution in [3.8, 4) is 0 Å². The fourth-order valence-corrected chi connectivity index (χ4v) is 6.88. The minimum Gasteiger partial charge on any atom is -0.389 e. The molecule has 5 rings (SSSR count). The molecule has 2 fully saturated rings. The minimum absolute atomic E-state index is 0.00996. The summed E-state index contributed by atoms with van der Waals surface area (Å²) in [6.45, 7) is 4.28. The van der Waals surface area contributed by atoms with Gasteiger partial charge < -0.3 is 5.11 Å². The number of ketones is 2. The van der Waals surface area contributed by atoms with E-state index in [2.05, 4.69) is 19.9 Å². The number of hydrogen-bond acceptors (Lipinski definition) is 3. The van der Waals surface area contributed by atoms with Gasteiger partial charge in [-0.15, -0.1) is 0 Å². The van der Waals surface area contributed by atoms with Crippen molar-refractivity contribution >= 4 is 11.6 Å². The molecule has 0 heterocycles. The van der Waals surface area contributed by atoms with E-state index in [-0.39, 0.29) is 34.9 Å². The van der Waals surface area contributed by atoms with Crippen LogP contribution in [0.25, 0.3) is 0 Å². The molecule has 0 amide bonds. The number of aliphatic hydroxyl groups excluding tert-OH is 1. The molecule has 0 saturated heterocycles. The Bertz CT molecular complexity index is 841. The number of carbonyl (C=O) groups excluding carboxylic acids is 2. The lowest BCUT2D eigenvalue weighted by Gasteiger charge is -2.53. The van der Waals surface area contributed by atoms with Gasteiger partial charge in [0.2, 0.25) is 0 Å². The highest BCUT2D eigenvalue weighted by Crippen LogP contribution is 2.64. The molecule has 2 saturated carbocycles. The van der Waals surface area contributed by atoms with Crippen molar-refractivity contribution in [2.75, 3.05) is 6.61 Å². The van der Waals surface area contributed by atoms with Crippen LogP contribution in [0.3, 0.4) is 0 Å². The van der Waals surface area contributed by atoms with Crippen molar-refractivity contribution in [3.05, 3.63) is 59.7 Å². The van der Waals surface area contributed by atoms with Gasteiger partial charge in [-0.25, -0.2) is 0 Å². The SMILES string of the molecule is CC12CCC(=O)C=C1CCC1C2=CCC2(C)C(C(=O)CO)CCC12.c1ccccc1. The number of hydrogen-bond donors (Lipinski definition) is 1. The van der Waals surface area contributed by atoms with Crippen LogP contribution in [0, 0.1) is 28.6 Å². The molecule has 0 spiro atoms. The van der Waals surface area contributed by atoms with Crippen LogP contribution in [0.15, 0.2) is 59.7 Å². The van der Waals surface area contributed by atoms with Gasteiger partial charge in [-0.05, 0) is 61.9 Å². The average molecular weight is 407 g/mol. The second-order valence-electron chi connectivity index (χ2n) is 10.00. The number of Topliss-reactive ketones (excluding diaryl/α,β-unsaturated/α-hetero) is 1. The van der Waals surface area contributed by atoms with Gasteiger partial charge in [-0.1, -0.05) is 67.5 Å². The molecule has 4 aliphatic rings. The van der Waals surface area contributed by atoms with Gasteiger partial charge in [-0.2, -0.15) is 0 Å². The summed E-state index contributed by atoms with van der Waals surface area (Å²) >= 11 is 0. The van der Waals surface area contributed by atoms with Gasteiger partial charge in [0.15, 0.2) is 11.6 Å². The fourth-order valence-electron chi connectivity index (χ4n) is 6.88. The van der Waals surface area contributed by atoms with Crippen molar-refractivity contribution in [2.24, 2.45) is 28.6 Å². The molecule has 5 atom stereocenters. The normalized spacial score (nSPS) is 36.9. The summed E-state index contributed by atoms with van der Waals surface area (Å²) in [5, 5.41) is 9.35. The van der Waals surface area contributed by atoms with E-state index in [9.17, 15) is 14.7 Å². The van der Waals surface area contributed by atoms with Crippen LogP contribution in [0.5, 0.6) is 0 Å². The fraction of sp³-hybridized carbons (Fsp3) is 0.556. The van der Waals surface area contributed by atoms with Gasteiger partial charge in [0.05, 0.1) is 0 Å². The van der Waals surface area contributed by atoms with Gasteiger partial charge in [-0.3, -0.25) is 9.59 Å². The van der Waals surface area contributed by atoms with Crippen molar-refractivity contribution in [1.82, 2.24) is 0 Å². The predicted octanol–water partition coefficient (Wildman–Crippen LogP) is 5.30. The monoisotopic (exact) mass is 406 g/mol. The number of benzene rings is 1. The zero-order valence-electron chi connectivity index (χ0n) is 18.3. The van der Waals surface area contributed by atoms with E-state index < -0.39 is 0 Å². The maximum absolute atomic E-state index is 12.2. The molecule has 0 aromatic heterocycles. The molecule has 4 aliphatic carbocycles. The topological polar surface area (TPSA) is 54.4 Å². The summed E-state index contributed by atoms with van der Waals surface area (Å²) < 4.78 is 0. The first-order chi connectivity index (χ1) is 14.4. The zero-order valence-corrected chi connectivity index (χ0v) is 18.3. The van der Waals surface area contributed by atoms with Crippen LogP contribution in [-0.2, 0) is 9.59 Å². The highest BCUT2D eigenvalue weighted by Gasteiger charge is 2.57. The Labute approximate surface area is 180 Å². The molecule has 1 aromatic carbocycles. The number of aliphatic hydroxyl groups is 1. The molecule has 0 radical (unpaired) electrons. The first kappa shape index (κ1) is 21.2. The van der Waals surface area contributed by atoms with Crippen LogP contribution in [0.1, 0.15) is 58.8 Å². The maximum atomic E-state index is 12.2. The van der Waals surface area contributed by atoms with Gasteiger partial charge in [0.1, 0.15) is 6.61 Å². The molecular formula is C27H34O3. The van der Waals surface area contributed by atoms with Gasteiger partial charge in [0, 0.05) is 17.8 Å². The van der Waals surface area contributed by atoms with Crippen LogP contribution in [0.4, 0.5) is 0 Å². The predicted molar refractivity (Wildman–Crippen MR) is 119 cm³/mol. The molecule has 30 heavy (non-hydrogen) atoms. The third-order valence-corrected chi connectivity index (χ3v) is 8.54. The smallest absolute Gasteiger partial charge is 0.161 e. The quantitative estimate of drug-likeness (QED) is 0.678. The molecule has 3 nitrogen and oxygen atoms in total. The third kappa shape index (κ3) is 3.51. The molecule has 160 valence electrons. The Morgan fingerprint density at radius 2 is 1.70 bits per heavy atom. The Morgan fingerprint density at radius 1 is 1.03 bits per heavy atom. The number of fused-ring (bicyclic) bond motifs is 5. The first-order valence-electron chi connectivity index (χ1n) is 11.5. The van der Waals surface area contributed by atoms with E-state index in [0.717, 1.165) is 38.5 Å². The molecule has 5 unspecified atom stereocenters. The van der Waals surface area contributed by atoms with Crippen molar-refractivity contribution in [1.29, 1.82) is 0 Å². The first-order valence-corrected chi connectivity index (χ1v) is 11.5. The van der Waals surface area contributed by atoms with E-state index in [1.807, 2.05) is 42.5 Å². The summed E-state index contributed by atoms with van der Waals surface area (Å²) in [7, 11) is 0. The number of rotatable bonds is 2. The van der Waals surface area contributed by atoms with E-state index in [1.54, 1.807) is 5.57 Å². The second-order valence-corrected chi connectivity index (χ2v) is 10.00. The lowest BCUT2D eigenvalue weighted by Crippen LogP contribution is -2.45. The maximum Gasteiger partial charge on any atom is 0.161 e. The molecule has 0 bridgehead atoms. The summed E-state index contributed by atoms with van der Waals surface area (Å²) in [6.07, 6.45) is 11.0. The highest BCUT2D eigenvalue weighted by molar-refractivity contribution is 5.92. The van der Waals surface area contributed by atoms with E-state index >= 15 is 0 Å². The molecule has 1 aromatic rings. The van der Waals surface area contributed by atoms with Crippen molar-refractivity contribution in [2.45, 2.75) is 58.8 Å². The van der Waals surface area contributed by atoms with Gasteiger partial charge >= 0.3 is 0 Å². The van der Waals surface area contributed by atoms with Gasteiger partial charge in [0.25, 0.3) is 0 Å². The second kappa shape index (κ2) is 8.26. The number of carbonyl (C=O) groups is 2. The number of allylic oxidation sites excluding steroid dienone is 4. The van der Waals surface area contributed by atoms with Crippen molar-refractivity contribution in [3.63, 3.8) is 0 Å². The summed E-state index contributed by atoms with van der Waals surface area (Å²) in [5.74, 6) is 1.44. The van der Waals surface area contributed by atoms with Crippen molar-refractivity contribution < 1.29 is 14.7 Å². The standard InChI is InChI=1S/C21H28O3.C6H6/c1-20-9-7-14(23)11-13(20)3-4-15-16-5-6-18(19(24)12-22)21(16,2)10-8-17(15)20;1-2-4-6-5-3-1/h8,11,15-16,18,22H,3-7,9-10,12H2,1-2H3;1-6H.